The minimum absolute atomic E-state index is 0.150. The average molecular weight is 521 g/mol. The molecule has 0 saturated carbocycles. The van der Waals surface area contributed by atoms with E-state index in [0.29, 0.717) is 33.8 Å². The highest BCUT2D eigenvalue weighted by atomic mass is 19.1. The summed E-state index contributed by atoms with van der Waals surface area (Å²) in [6.07, 6.45) is 2.02. The Labute approximate surface area is 232 Å². The van der Waals surface area contributed by atoms with Crippen LogP contribution in [0.4, 0.5) is 4.39 Å². The number of hydrogen-bond donors (Lipinski definition) is 0. The van der Waals surface area contributed by atoms with Gasteiger partial charge >= 0.3 is 0 Å². The number of rotatable bonds is 7. The van der Waals surface area contributed by atoms with E-state index in [1.165, 1.54) is 12.1 Å². The first-order valence-corrected chi connectivity index (χ1v) is 13.1. The Hall–Kier alpha value is -5.28. The molecule has 0 spiro atoms. The first kappa shape index (κ1) is 25.0. The minimum atomic E-state index is -0.342. The molecule has 6 aromatic rings. The molecule has 0 radical (unpaired) electrons. The molecule has 192 valence electrons. The quantitative estimate of drug-likeness (QED) is 0.196. The van der Waals surface area contributed by atoms with E-state index >= 15 is 0 Å². The van der Waals surface area contributed by atoms with Crippen molar-refractivity contribution in [2.24, 2.45) is 0 Å². The van der Waals surface area contributed by atoms with Crippen LogP contribution in [-0.2, 0) is 0 Å². The predicted molar refractivity (Wildman–Crippen MR) is 159 cm³/mol. The Kier molecular flexibility index (Phi) is 7.02. The van der Waals surface area contributed by atoms with Crippen LogP contribution in [0.5, 0.6) is 0 Å². The molecule has 0 N–H and O–H groups in total. The summed E-state index contributed by atoms with van der Waals surface area (Å²) in [5.41, 5.74) is 6.05. The van der Waals surface area contributed by atoms with Crippen molar-refractivity contribution in [3.63, 3.8) is 0 Å². The molecule has 0 saturated heterocycles. The van der Waals surface area contributed by atoms with Crippen molar-refractivity contribution in [2.45, 2.75) is 0 Å². The van der Waals surface area contributed by atoms with Gasteiger partial charge in [0.05, 0.1) is 5.56 Å². The Bertz CT molecular complexity index is 1730. The Morgan fingerprint density at radius 3 is 1.50 bits per heavy atom. The molecule has 2 nitrogen and oxygen atoms in total. The van der Waals surface area contributed by atoms with Crippen LogP contribution in [-0.4, -0.2) is 5.78 Å². The van der Waals surface area contributed by atoms with E-state index in [4.69, 9.17) is 4.42 Å². The zero-order valence-corrected chi connectivity index (χ0v) is 21.6. The van der Waals surface area contributed by atoms with E-state index in [9.17, 15) is 9.18 Å². The third kappa shape index (κ3) is 5.05. The van der Waals surface area contributed by atoms with Gasteiger partial charge in [-0.15, -0.1) is 0 Å². The van der Waals surface area contributed by atoms with Crippen molar-refractivity contribution in [3.8, 4) is 22.6 Å². The zero-order chi connectivity index (χ0) is 27.3. The van der Waals surface area contributed by atoms with Gasteiger partial charge in [-0.1, -0.05) is 121 Å². The zero-order valence-electron chi connectivity index (χ0n) is 21.6. The van der Waals surface area contributed by atoms with E-state index in [0.717, 1.165) is 22.3 Å². The summed E-state index contributed by atoms with van der Waals surface area (Å²) < 4.78 is 20.5. The molecule has 1 aromatic heterocycles. The van der Waals surface area contributed by atoms with E-state index in [2.05, 4.69) is 0 Å². The Balaban J connectivity index is 1.70. The summed E-state index contributed by atoms with van der Waals surface area (Å²) in [5.74, 6) is 0.483. The largest absolute Gasteiger partial charge is 0.455 e. The smallest absolute Gasteiger partial charge is 0.197 e. The summed E-state index contributed by atoms with van der Waals surface area (Å²) in [5, 5.41) is 0. The highest BCUT2D eigenvalue weighted by Gasteiger charge is 2.28. The summed E-state index contributed by atoms with van der Waals surface area (Å²) in [4.78, 5) is 14.3. The normalized spacial score (nSPS) is 10.7. The number of hydrogen-bond acceptors (Lipinski definition) is 2. The summed E-state index contributed by atoms with van der Waals surface area (Å²) in [6, 6.07) is 45.1. The second-order valence-electron chi connectivity index (χ2n) is 9.41. The third-order valence-corrected chi connectivity index (χ3v) is 6.81. The molecule has 0 unspecified atom stereocenters. The van der Waals surface area contributed by atoms with Gasteiger partial charge in [-0.2, -0.15) is 0 Å². The number of halogens is 1. The van der Waals surface area contributed by atoms with E-state index in [1.807, 2.05) is 127 Å². The topological polar surface area (TPSA) is 30.2 Å². The van der Waals surface area contributed by atoms with Crippen molar-refractivity contribution < 1.29 is 13.6 Å². The SMILES string of the molecule is O=C(c1ccccc1)c1c(-c2ccccc2)oc(-c2ccc(F)cc2)c1C=C(c1ccccc1)c1ccccc1. The van der Waals surface area contributed by atoms with Crippen LogP contribution in [0, 0.1) is 5.82 Å². The predicted octanol–water partition coefficient (Wildman–Crippen LogP) is 9.57. The van der Waals surface area contributed by atoms with Gasteiger partial charge in [0.15, 0.2) is 5.78 Å². The van der Waals surface area contributed by atoms with Crippen molar-refractivity contribution in [3.05, 3.63) is 179 Å². The molecule has 0 fully saturated rings. The molecule has 1 heterocycles. The lowest BCUT2D eigenvalue weighted by molar-refractivity contribution is 0.103. The lowest BCUT2D eigenvalue weighted by atomic mass is 9.90. The molecule has 0 aliphatic carbocycles. The van der Waals surface area contributed by atoms with Gasteiger partial charge < -0.3 is 4.42 Å². The highest BCUT2D eigenvalue weighted by Crippen LogP contribution is 2.41. The molecule has 6 rings (SSSR count). The molecule has 5 aromatic carbocycles. The van der Waals surface area contributed by atoms with Crippen molar-refractivity contribution in [1.82, 2.24) is 0 Å². The van der Waals surface area contributed by atoms with Crippen LogP contribution >= 0.6 is 0 Å². The molecular weight excluding hydrogens is 495 g/mol. The number of ketones is 1. The summed E-state index contributed by atoms with van der Waals surface area (Å²) in [6.45, 7) is 0. The minimum Gasteiger partial charge on any atom is -0.455 e. The first-order valence-electron chi connectivity index (χ1n) is 13.1. The number of carbonyl (C=O) groups excluding carboxylic acids is 1. The van der Waals surface area contributed by atoms with Crippen molar-refractivity contribution in [1.29, 1.82) is 0 Å². The Morgan fingerprint density at radius 2 is 0.975 bits per heavy atom. The molecule has 0 bridgehead atoms. The van der Waals surface area contributed by atoms with Gasteiger partial charge in [-0.05, 0) is 47.0 Å². The number of carbonyl (C=O) groups is 1. The number of benzene rings is 5. The van der Waals surface area contributed by atoms with Crippen LogP contribution in [0.2, 0.25) is 0 Å². The lowest BCUT2D eigenvalue weighted by Gasteiger charge is -2.11. The molecule has 0 aliphatic heterocycles. The third-order valence-electron chi connectivity index (χ3n) is 6.81. The van der Waals surface area contributed by atoms with E-state index < -0.39 is 0 Å². The molecule has 40 heavy (non-hydrogen) atoms. The van der Waals surface area contributed by atoms with Crippen LogP contribution in [0.1, 0.15) is 32.6 Å². The fourth-order valence-corrected chi connectivity index (χ4v) is 4.86. The fourth-order valence-electron chi connectivity index (χ4n) is 4.86. The van der Waals surface area contributed by atoms with E-state index in [-0.39, 0.29) is 11.6 Å². The summed E-state index contributed by atoms with van der Waals surface area (Å²) in [7, 11) is 0. The molecule has 0 aliphatic rings. The Morgan fingerprint density at radius 1 is 0.525 bits per heavy atom. The monoisotopic (exact) mass is 520 g/mol. The lowest BCUT2D eigenvalue weighted by Crippen LogP contribution is -2.04. The molecular formula is C37H25FO2. The van der Waals surface area contributed by atoms with Gasteiger partial charge in [0.1, 0.15) is 17.3 Å². The fraction of sp³-hybridized carbons (Fsp3) is 0. The van der Waals surface area contributed by atoms with Crippen molar-refractivity contribution in [2.75, 3.05) is 0 Å². The van der Waals surface area contributed by atoms with Gasteiger partial charge in [0.25, 0.3) is 0 Å². The van der Waals surface area contributed by atoms with E-state index in [1.54, 1.807) is 12.1 Å². The van der Waals surface area contributed by atoms with Crippen LogP contribution < -0.4 is 0 Å². The summed E-state index contributed by atoms with van der Waals surface area (Å²) >= 11 is 0. The van der Waals surface area contributed by atoms with Crippen LogP contribution in [0.3, 0.4) is 0 Å². The second-order valence-corrected chi connectivity index (χ2v) is 9.41. The maximum Gasteiger partial charge on any atom is 0.197 e. The maximum absolute atomic E-state index is 14.3. The average Bonchev–Trinajstić information content (AvgIpc) is 3.40. The number of furan rings is 1. The standard InChI is InChI=1S/C37H25FO2/c38-31-23-21-30(22-24-31)36-33(25-32(26-13-5-1-6-14-26)27-15-7-2-8-16-27)34(35(39)28-17-9-3-10-18-28)37(40-36)29-19-11-4-12-20-29/h1-25H. The van der Waals surface area contributed by atoms with Crippen LogP contribution in [0.15, 0.2) is 150 Å². The second kappa shape index (κ2) is 11.2. The first-order chi connectivity index (χ1) is 19.7. The highest BCUT2D eigenvalue weighted by molar-refractivity contribution is 6.16. The van der Waals surface area contributed by atoms with Gasteiger partial charge in [-0.25, -0.2) is 4.39 Å². The molecule has 0 atom stereocenters. The molecule has 3 heteroatoms. The van der Waals surface area contributed by atoms with Gasteiger partial charge in [-0.3, -0.25) is 4.79 Å². The van der Waals surface area contributed by atoms with Crippen molar-refractivity contribution >= 4 is 17.4 Å². The maximum atomic E-state index is 14.3. The van der Waals surface area contributed by atoms with Gasteiger partial charge in [0, 0.05) is 22.3 Å². The van der Waals surface area contributed by atoms with Gasteiger partial charge in [0.2, 0.25) is 0 Å². The van der Waals surface area contributed by atoms with Crippen LogP contribution in [0.25, 0.3) is 34.3 Å². The molecule has 0 amide bonds.